The third kappa shape index (κ3) is 6.51. The zero-order valence-corrected chi connectivity index (χ0v) is 15.0. The molecular formula is C16H28N4O2. The molecule has 0 aromatic rings. The van der Waals surface area contributed by atoms with E-state index in [2.05, 4.69) is 22.4 Å². The van der Waals surface area contributed by atoms with Crippen LogP contribution in [0.15, 0.2) is 10.2 Å². The van der Waals surface area contributed by atoms with Gasteiger partial charge < -0.3 is 9.47 Å². The lowest BCUT2D eigenvalue weighted by Crippen LogP contribution is -2.37. The number of nitriles is 2. The molecule has 0 aliphatic rings. The zero-order valence-electron chi connectivity index (χ0n) is 15.0. The van der Waals surface area contributed by atoms with E-state index >= 15 is 0 Å². The summed E-state index contributed by atoms with van der Waals surface area (Å²) in [5, 5.41) is 27.2. The third-order valence-corrected chi connectivity index (χ3v) is 3.62. The van der Waals surface area contributed by atoms with Gasteiger partial charge in [0, 0.05) is 27.1 Å². The summed E-state index contributed by atoms with van der Waals surface area (Å²) < 4.78 is 10.7. The van der Waals surface area contributed by atoms with E-state index in [4.69, 9.17) is 9.47 Å². The maximum absolute atomic E-state index is 9.43. The predicted molar refractivity (Wildman–Crippen MR) is 84.3 cm³/mol. The Morgan fingerprint density at radius 3 is 1.18 bits per heavy atom. The SMILES string of the molecule is COC(C)(C)CC(C)(C#N)/N=N/C(C)(C#N)CC(C)(C)OC. The second-order valence-electron chi connectivity index (χ2n) is 7.25. The Labute approximate surface area is 134 Å². The van der Waals surface area contributed by atoms with E-state index in [-0.39, 0.29) is 0 Å². The molecule has 22 heavy (non-hydrogen) atoms. The molecule has 6 nitrogen and oxygen atoms in total. The van der Waals surface area contributed by atoms with Crippen LogP contribution in [0.1, 0.15) is 54.4 Å². The molecule has 0 rings (SSSR count). The van der Waals surface area contributed by atoms with Gasteiger partial charge in [-0.3, -0.25) is 0 Å². The lowest BCUT2D eigenvalue weighted by atomic mass is 9.88. The van der Waals surface area contributed by atoms with Crippen LogP contribution in [0, 0.1) is 22.7 Å². The number of hydrogen-bond donors (Lipinski definition) is 0. The number of azo groups is 1. The van der Waals surface area contributed by atoms with Crippen molar-refractivity contribution in [1.29, 1.82) is 10.5 Å². The molecule has 2 unspecified atom stereocenters. The van der Waals surface area contributed by atoms with Crippen molar-refractivity contribution >= 4 is 0 Å². The third-order valence-electron chi connectivity index (χ3n) is 3.62. The van der Waals surface area contributed by atoms with Gasteiger partial charge in [-0.2, -0.15) is 20.8 Å². The van der Waals surface area contributed by atoms with E-state index in [1.54, 1.807) is 28.1 Å². The lowest BCUT2D eigenvalue weighted by molar-refractivity contribution is 0.000704. The van der Waals surface area contributed by atoms with Crippen LogP contribution in [-0.2, 0) is 9.47 Å². The molecule has 124 valence electrons. The molecule has 0 spiro atoms. The van der Waals surface area contributed by atoms with Crippen molar-refractivity contribution in [3.63, 3.8) is 0 Å². The molecule has 0 aromatic carbocycles. The molecule has 0 aliphatic heterocycles. The second kappa shape index (κ2) is 7.17. The molecule has 0 amide bonds. The first-order valence-corrected chi connectivity index (χ1v) is 7.23. The topological polar surface area (TPSA) is 90.8 Å². The largest absolute Gasteiger partial charge is 0.379 e. The number of ether oxygens (including phenoxy) is 2. The molecule has 0 saturated heterocycles. The Morgan fingerprint density at radius 1 is 0.727 bits per heavy atom. The van der Waals surface area contributed by atoms with Gasteiger partial charge in [0.1, 0.15) is 0 Å². The Kier molecular flexibility index (Phi) is 6.69. The van der Waals surface area contributed by atoms with Crippen molar-refractivity contribution in [2.75, 3.05) is 14.2 Å². The van der Waals surface area contributed by atoms with Crippen molar-refractivity contribution in [2.24, 2.45) is 10.2 Å². The summed E-state index contributed by atoms with van der Waals surface area (Å²) in [4.78, 5) is 0. The highest BCUT2D eigenvalue weighted by Crippen LogP contribution is 2.30. The molecule has 0 heterocycles. The van der Waals surface area contributed by atoms with Crippen molar-refractivity contribution in [1.82, 2.24) is 0 Å². The van der Waals surface area contributed by atoms with E-state index in [1.807, 2.05) is 27.7 Å². The fourth-order valence-corrected chi connectivity index (χ4v) is 2.22. The molecule has 6 heteroatoms. The maximum Gasteiger partial charge on any atom is 0.167 e. The normalized spacial score (nSPS) is 18.3. The maximum atomic E-state index is 9.43. The fraction of sp³-hybridized carbons (Fsp3) is 0.875. The highest BCUT2D eigenvalue weighted by molar-refractivity contribution is 5.10. The van der Waals surface area contributed by atoms with Crippen molar-refractivity contribution < 1.29 is 9.47 Å². The Hall–Kier alpha value is -1.50. The van der Waals surface area contributed by atoms with Crippen LogP contribution >= 0.6 is 0 Å². The molecule has 0 radical (unpaired) electrons. The van der Waals surface area contributed by atoms with Gasteiger partial charge in [-0.25, -0.2) is 0 Å². The molecule has 0 bridgehead atoms. The number of rotatable bonds is 8. The van der Waals surface area contributed by atoms with Gasteiger partial charge >= 0.3 is 0 Å². The van der Waals surface area contributed by atoms with Crippen LogP contribution in [0.5, 0.6) is 0 Å². The Balaban J connectivity index is 5.33. The standard InChI is InChI=1S/C16H28N4O2/c1-13(2,21-7)9-15(5,11-17)19-20-16(6,12-18)10-14(3,4)22-8/h9-10H2,1-8H3/b20-19+. The van der Waals surface area contributed by atoms with E-state index in [9.17, 15) is 10.5 Å². The predicted octanol–water partition coefficient (Wildman–Crippen LogP) is 3.63. The van der Waals surface area contributed by atoms with Crippen LogP contribution in [0.2, 0.25) is 0 Å². The molecule has 0 aliphatic carbocycles. The molecule has 0 N–H and O–H groups in total. The van der Waals surface area contributed by atoms with Gasteiger partial charge in [0.2, 0.25) is 0 Å². The highest BCUT2D eigenvalue weighted by Gasteiger charge is 2.36. The van der Waals surface area contributed by atoms with Gasteiger partial charge in [-0.05, 0) is 41.5 Å². The van der Waals surface area contributed by atoms with Crippen LogP contribution in [-0.4, -0.2) is 36.5 Å². The first-order chi connectivity index (χ1) is 9.86. The number of methoxy groups -OCH3 is 2. The minimum Gasteiger partial charge on any atom is -0.379 e. The minimum atomic E-state index is -1.05. The lowest BCUT2D eigenvalue weighted by Gasteiger charge is -2.31. The molecule has 0 aromatic heterocycles. The summed E-state index contributed by atoms with van der Waals surface area (Å²) >= 11 is 0. The van der Waals surface area contributed by atoms with Gasteiger partial charge in [-0.1, -0.05) is 0 Å². The smallest absolute Gasteiger partial charge is 0.167 e. The number of nitrogens with zero attached hydrogens (tertiary/aromatic N) is 4. The summed E-state index contributed by atoms with van der Waals surface area (Å²) in [7, 11) is 3.19. The summed E-state index contributed by atoms with van der Waals surface area (Å²) in [6, 6.07) is 4.32. The summed E-state index contributed by atoms with van der Waals surface area (Å²) in [6.45, 7) is 10.9. The Bertz CT molecular complexity index is 443. The summed E-state index contributed by atoms with van der Waals surface area (Å²) in [5.74, 6) is 0. The summed E-state index contributed by atoms with van der Waals surface area (Å²) in [5.41, 5.74) is -3.10. The van der Waals surface area contributed by atoms with Gasteiger partial charge in [0.25, 0.3) is 0 Å². The van der Waals surface area contributed by atoms with Crippen molar-refractivity contribution in [2.45, 2.75) is 76.7 Å². The number of hydrogen-bond acceptors (Lipinski definition) is 6. The van der Waals surface area contributed by atoms with E-state index in [1.165, 1.54) is 0 Å². The fourth-order valence-electron chi connectivity index (χ4n) is 2.22. The van der Waals surface area contributed by atoms with Crippen LogP contribution < -0.4 is 0 Å². The first-order valence-electron chi connectivity index (χ1n) is 7.23. The highest BCUT2D eigenvalue weighted by atomic mass is 16.5. The average molecular weight is 308 g/mol. The van der Waals surface area contributed by atoms with Gasteiger partial charge in [-0.15, -0.1) is 0 Å². The summed E-state index contributed by atoms with van der Waals surface area (Å²) in [6.07, 6.45) is 0.761. The van der Waals surface area contributed by atoms with Crippen molar-refractivity contribution in [3.05, 3.63) is 0 Å². The monoisotopic (exact) mass is 308 g/mol. The van der Waals surface area contributed by atoms with Gasteiger partial charge in [0.15, 0.2) is 11.1 Å². The molecule has 2 atom stereocenters. The molecule has 0 fully saturated rings. The Morgan fingerprint density at radius 2 is 1.00 bits per heavy atom. The van der Waals surface area contributed by atoms with E-state index in [0.29, 0.717) is 12.8 Å². The quantitative estimate of drug-likeness (QED) is 0.640. The van der Waals surface area contributed by atoms with Crippen molar-refractivity contribution in [3.8, 4) is 12.1 Å². The van der Waals surface area contributed by atoms with Crippen LogP contribution in [0.4, 0.5) is 0 Å². The minimum absolute atomic E-state index is 0.381. The van der Waals surface area contributed by atoms with Gasteiger partial charge in [0.05, 0.1) is 23.3 Å². The zero-order chi connectivity index (χ0) is 17.7. The first kappa shape index (κ1) is 20.5. The van der Waals surface area contributed by atoms with Crippen LogP contribution in [0.3, 0.4) is 0 Å². The van der Waals surface area contributed by atoms with E-state index in [0.717, 1.165) is 0 Å². The molecular weight excluding hydrogens is 280 g/mol. The second-order valence-corrected chi connectivity index (χ2v) is 7.25. The van der Waals surface area contributed by atoms with Crippen LogP contribution in [0.25, 0.3) is 0 Å². The average Bonchev–Trinajstić information content (AvgIpc) is 2.44. The van der Waals surface area contributed by atoms with E-state index < -0.39 is 22.3 Å². The molecule has 0 saturated carbocycles.